The first-order valence-electron chi connectivity index (χ1n) is 7.14. The number of amides is 1. The number of carbonyl (C=O) groups is 1. The maximum absolute atomic E-state index is 12.1. The van der Waals surface area contributed by atoms with E-state index in [1.165, 1.54) is 0 Å². The van der Waals surface area contributed by atoms with Gasteiger partial charge in [-0.1, -0.05) is 44.2 Å². The van der Waals surface area contributed by atoms with Crippen LogP contribution in [0.4, 0.5) is 0 Å². The van der Waals surface area contributed by atoms with Crippen molar-refractivity contribution in [3.63, 3.8) is 0 Å². The van der Waals surface area contributed by atoms with Gasteiger partial charge >= 0.3 is 0 Å². The van der Waals surface area contributed by atoms with Gasteiger partial charge in [0.05, 0.1) is 18.6 Å². The molecule has 1 aromatic carbocycles. The summed E-state index contributed by atoms with van der Waals surface area (Å²) < 4.78 is 5.15. The zero-order valence-corrected chi connectivity index (χ0v) is 13.9. The molecule has 2 atom stereocenters. The fourth-order valence-corrected chi connectivity index (χ4v) is 2.16. The Morgan fingerprint density at radius 1 is 1.29 bits per heavy atom. The Balaban J connectivity index is 0.00000400. The average molecular weight is 315 g/mol. The Morgan fingerprint density at radius 3 is 2.38 bits per heavy atom. The maximum atomic E-state index is 12.1. The molecule has 4 nitrogen and oxygen atoms in total. The van der Waals surface area contributed by atoms with E-state index in [-0.39, 0.29) is 30.5 Å². The van der Waals surface area contributed by atoms with E-state index in [9.17, 15) is 4.79 Å². The van der Waals surface area contributed by atoms with Gasteiger partial charge in [0, 0.05) is 13.7 Å². The fraction of sp³-hybridized carbons (Fsp3) is 0.562. The van der Waals surface area contributed by atoms with Gasteiger partial charge in [-0.15, -0.1) is 12.4 Å². The molecular formula is C16H27ClN2O2. The molecule has 0 spiro atoms. The summed E-state index contributed by atoms with van der Waals surface area (Å²) in [6.07, 6.45) is 0.996. The molecule has 1 aromatic rings. The van der Waals surface area contributed by atoms with Crippen molar-refractivity contribution >= 4 is 18.3 Å². The first-order chi connectivity index (χ1) is 9.56. The highest BCUT2D eigenvalue weighted by molar-refractivity contribution is 5.85. The van der Waals surface area contributed by atoms with Gasteiger partial charge in [0.15, 0.2) is 0 Å². The molecule has 0 radical (unpaired) electrons. The monoisotopic (exact) mass is 314 g/mol. The average Bonchev–Trinajstić information content (AvgIpc) is 2.44. The van der Waals surface area contributed by atoms with Crippen LogP contribution in [-0.4, -0.2) is 25.7 Å². The van der Waals surface area contributed by atoms with Crippen LogP contribution in [0.3, 0.4) is 0 Å². The van der Waals surface area contributed by atoms with E-state index in [0.29, 0.717) is 18.9 Å². The Morgan fingerprint density at radius 2 is 1.90 bits per heavy atom. The minimum Gasteiger partial charge on any atom is -0.380 e. The number of ether oxygens (including phenoxy) is 1. The van der Waals surface area contributed by atoms with Crippen molar-refractivity contribution in [2.45, 2.75) is 38.8 Å². The molecule has 0 saturated heterocycles. The van der Waals surface area contributed by atoms with Crippen LogP contribution in [-0.2, 0) is 9.53 Å². The molecule has 0 bridgehead atoms. The smallest absolute Gasteiger partial charge is 0.223 e. The number of halogens is 1. The van der Waals surface area contributed by atoms with Crippen molar-refractivity contribution < 1.29 is 9.53 Å². The number of hydrogen-bond donors (Lipinski definition) is 2. The van der Waals surface area contributed by atoms with Gasteiger partial charge in [-0.3, -0.25) is 4.79 Å². The molecule has 2 unspecified atom stereocenters. The van der Waals surface area contributed by atoms with Gasteiger partial charge in [-0.05, 0) is 17.9 Å². The lowest BCUT2D eigenvalue weighted by atomic mass is 9.97. The second-order valence-corrected chi connectivity index (χ2v) is 5.46. The van der Waals surface area contributed by atoms with Gasteiger partial charge in [0.1, 0.15) is 0 Å². The quantitative estimate of drug-likeness (QED) is 0.775. The summed E-state index contributed by atoms with van der Waals surface area (Å²) in [7, 11) is 1.58. The highest BCUT2D eigenvalue weighted by Crippen LogP contribution is 2.21. The Hall–Kier alpha value is -1.10. The number of methoxy groups -OCH3 is 1. The van der Waals surface area contributed by atoms with E-state index in [2.05, 4.69) is 19.2 Å². The summed E-state index contributed by atoms with van der Waals surface area (Å²) in [5, 5.41) is 3.09. The second kappa shape index (κ2) is 10.6. The van der Waals surface area contributed by atoms with Crippen LogP contribution >= 0.6 is 12.4 Å². The number of nitrogens with one attached hydrogen (secondary N) is 1. The normalized spacial score (nSPS) is 13.4. The molecule has 0 aliphatic carbocycles. The summed E-state index contributed by atoms with van der Waals surface area (Å²) in [6.45, 7) is 4.66. The molecule has 0 aliphatic heterocycles. The maximum Gasteiger partial charge on any atom is 0.223 e. The lowest BCUT2D eigenvalue weighted by molar-refractivity contribution is -0.124. The van der Waals surface area contributed by atoms with Crippen LogP contribution in [0.1, 0.15) is 38.3 Å². The third-order valence-electron chi connectivity index (χ3n) is 3.25. The predicted molar refractivity (Wildman–Crippen MR) is 88.5 cm³/mol. The zero-order valence-electron chi connectivity index (χ0n) is 13.0. The number of rotatable bonds is 8. The van der Waals surface area contributed by atoms with Crippen molar-refractivity contribution in [1.29, 1.82) is 0 Å². The van der Waals surface area contributed by atoms with Crippen LogP contribution in [0.5, 0.6) is 0 Å². The Labute approximate surface area is 133 Å². The zero-order chi connectivity index (χ0) is 15.0. The summed E-state index contributed by atoms with van der Waals surface area (Å²) >= 11 is 0. The van der Waals surface area contributed by atoms with Gasteiger partial charge < -0.3 is 15.8 Å². The topological polar surface area (TPSA) is 64.3 Å². The van der Waals surface area contributed by atoms with E-state index in [1.54, 1.807) is 7.11 Å². The molecule has 0 saturated carbocycles. The lowest BCUT2D eigenvalue weighted by Crippen LogP contribution is -2.34. The molecule has 1 rings (SSSR count). The van der Waals surface area contributed by atoms with Gasteiger partial charge in [-0.25, -0.2) is 0 Å². The SMILES string of the molecule is COC(CN)CC(=O)NC(CC(C)C)c1ccccc1.Cl. The number of nitrogens with two attached hydrogens (primary N) is 1. The van der Waals surface area contributed by atoms with E-state index in [1.807, 2.05) is 30.3 Å². The fourth-order valence-electron chi connectivity index (χ4n) is 2.16. The van der Waals surface area contributed by atoms with Gasteiger partial charge in [0.2, 0.25) is 5.91 Å². The molecule has 21 heavy (non-hydrogen) atoms. The third kappa shape index (κ3) is 7.46. The second-order valence-electron chi connectivity index (χ2n) is 5.46. The van der Waals surface area contributed by atoms with E-state index in [0.717, 1.165) is 12.0 Å². The third-order valence-corrected chi connectivity index (χ3v) is 3.25. The summed E-state index contributed by atoms with van der Waals surface area (Å²) in [4.78, 5) is 12.1. The van der Waals surface area contributed by atoms with Crippen molar-refractivity contribution in [3.05, 3.63) is 35.9 Å². The number of hydrogen-bond acceptors (Lipinski definition) is 3. The van der Waals surface area contributed by atoms with Crippen molar-refractivity contribution in [2.24, 2.45) is 11.7 Å². The minimum atomic E-state index is -0.217. The lowest BCUT2D eigenvalue weighted by Gasteiger charge is -2.22. The number of carbonyl (C=O) groups excluding carboxylic acids is 1. The molecule has 1 amide bonds. The van der Waals surface area contributed by atoms with E-state index >= 15 is 0 Å². The van der Waals surface area contributed by atoms with Crippen LogP contribution in [0, 0.1) is 5.92 Å². The van der Waals surface area contributed by atoms with E-state index < -0.39 is 0 Å². The Bertz CT molecular complexity index is 395. The highest BCUT2D eigenvalue weighted by atomic mass is 35.5. The van der Waals surface area contributed by atoms with Crippen molar-refractivity contribution in [3.8, 4) is 0 Å². The Kier molecular flexibility index (Phi) is 10.0. The molecule has 3 N–H and O–H groups in total. The molecule has 120 valence electrons. The summed E-state index contributed by atoms with van der Waals surface area (Å²) in [5.74, 6) is 0.491. The largest absolute Gasteiger partial charge is 0.380 e. The molecule has 0 fully saturated rings. The molecule has 5 heteroatoms. The number of benzene rings is 1. The van der Waals surface area contributed by atoms with Crippen molar-refractivity contribution in [2.75, 3.05) is 13.7 Å². The predicted octanol–water partition coefficient (Wildman–Crippen LogP) is 2.68. The van der Waals surface area contributed by atoms with Gasteiger partial charge in [-0.2, -0.15) is 0 Å². The van der Waals surface area contributed by atoms with Crippen LogP contribution in [0.2, 0.25) is 0 Å². The molecule has 0 aliphatic rings. The standard InChI is InChI=1S/C16H26N2O2.ClH/c1-12(2)9-15(13-7-5-4-6-8-13)18-16(19)10-14(11-17)20-3;/h4-8,12,14-15H,9-11,17H2,1-3H3,(H,18,19);1H. The summed E-state index contributed by atoms with van der Waals surface area (Å²) in [5.41, 5.74) is 6.68. The molecule has 0 heterocycles. The van der Waals surface area contributed by atoms with Crippen LogP contribution < -0.4 is 11.1 Å². The van der Waals surface area contributed by atoms with E-state index in [4.69, 9.17) is 10.5 Å². The minimum absolute atomic E-state index is 0. The van der Waals surface area contributed by atoms with Crippen molar-refractivity contribution in [1.82, 2.24) is 5.32 Å². The highest BCUT2D eigenvalue weighted by Gasteiger charge is 2.18. The first kappa shape index (κ1) is 19.9. The van der Waals surface area contributed by atoms with Gasteiger partial charge in [0.25, 0.3) is 0 Å². The molecule has 0 aromatic heterocycles. The van der Waals surface area contributed by atoms with Crippen LogP contribution in [0.15, 0.2) is 30.3 Å². The van der Waals surface area contributed by atoms with Crippen LogP contribution in [0.25, 0.3) is 0 Å². The summed E-state index contributed by atoms with van der Waals surface area (Å²) in [6, 6.07) is 10.1. The molecular weight excluding hydrogens is 288 g/mol. The first-order valence-corrected chi connectivity index (χ1v) is 7.14.